The smallest absolute Gasteiger partial charge is 0.0231 e. The number of nitrogens with one attached hydrogen (secondary N) is 1. The van der Waals surface area contributed by atoms with Gasteiger partial charge in [0.15, 0.2) is 0 Å². The van der Waals surface area contributed by atoms with E-state index in [-0.39, 0.29) is 0 Å². The van der Waals surface area contributed by atoms with Crippen LogP contribution in [0, 0.1) is 0 Å². The van der Waals surface area contributed by atoms with Crippen molar-refractivity contribution in [2.45, 2.75) is 19.0 Å². The Morgan fingerprint density at radius 1 is 1.50 bits per heavy atom. The Balaban J connectivity index is 1.72. The molecular weight excluding hydrogens is 308 g/mol. The maximum atomic E-state index is 3.59. The molecule has 18 heavy (non-hydrogen) atoms. The average molecular weight is 329 g/mol. The molecule has 1 heterocycles. The van der Waals surface area contributed by atoms with Crippen LogP contribution in [0.5, 0.6) is 0 Å². The average Bonchev–Trinajstić information content (AvgIpc) is 2.38. The molecule has 1 fully saturated rings. The van der Waals surface area contributed by atoms with Gasteiger partial charge in [-0.3, -0.25) is 0 Å². The molecule has 100 valence electrons. The lowest BCUT2D eigenvalue weighted by Gasteiger charge is -2.25. The van der Waals surface area contributed by atoms with Gasteiger partial charge < -0.3 is 10.2 Å². The van der Waals surface area contributed by atoms with Crippen LogP contribution in [0.25, 0.3) is 0 Å². The van der Waals surface area contributed by atoms with Gasteiger partial charge in [0, 0.05) is 35.1 Å². The lowest BCUT2D eigenvalue weighted by molar-refractivity contribution is 0.305. The van der Waals surface area contributed by atoms with Crippen molar-refractivity contribution in [3.8, 4) is 0 Å². The molecule has 0 aromatic heterocycles. The summed E-state index contributed by atoms with van der Waals surface area (Å²) in [5, 5.41) is 3.59. The first kappa shape index (κ1) is 14.4. The van der Waals surface area contributed by atoms with Crippen LogP contribution in [0.3, 0.4) is 0 Å². The molecule has 1 N–H and O–H groups in total. The first-order valence-corrected chi connectivity index (χ1v) is 8.43. The van der Waals surface area contributed by atoms with Crippen molar-refractivity contribution in [3.05, 3.63) is 34.3 Å². The van der Waals surface area contributed by atoms with Crippen LogP contribution in [0.2, 0.25) is 0 Å². The zero-order valence-electron chi connectivity index (χ0n) is 10.9. The molecule has 0 amide bonds. The van der Waals surface area contributed by atoms with E-state index in [0.29, 0.717) is 6.04 Å². The molecule has 1 saturated heterocycles. The fourth-order valence-corrected chi connectivity index (χ4v) is 3.65. The van der Waals surface area contributed by atoms with Crippen LogP contribution in [-0.2, 0) is 6.54 Å². The van der Waals surface area contributed by atoms with Gasteiger partial charge in [-0.1, -0.05) is 28.1 Å². The molecule has 0 spiro atoms. The summed E-state index contributed by atoms with van der Waals surface area (Å²) in [6.45, 7) is 3.36. The number of rotatable bonds is 5. The van der Waals surface area contributed by atoms with Gasteiger partial charge in [-0.05, 0) is 37.7 Å². The lowest BCUT2D eigenvalue weighted by atomic mass is 10.2. The van der Waals surface area contributed by atoms with Gasteiger partial charge in [0.2, 0.25) is 0 Å². The van der Waals surface area contributed by atoms with Crippen LogP contribution in [0.1, 0.15) is 12.0 Å². The predicted octanol–water partition coefficient (Wildman–Crippen LogP) is 2.98. The molecule has 2 nitrogen and oxygen atoms in total. The molecule has 1 aliphatic heterocycles. The highest BCUT2D eigenvalue weighted by atomic mass is 79.9. The van der Waals surface area contributed by atoms with Gasteiger partial charge >= 0.3 is 0 Å². The molecular formula is C14H21BrN2S. The Labute approximate surface area is 123 Å². The summed E-state index contributed by atoms with van der Waals surface area (Å²) in [6.07, 6.45) is 1.25. The maximum Gasteiger partial charge on any atom is 0.0231 e. The molecule has 2 rings (SSSR count). The SMILES string of the molecule is CN(CCC1CSCCN1)Cc1cccc(Br)c1. The molecule has 0 aliphatic carbocycles. The maximum absolute atomic E-state index is 3.59. The van der Waals surface area contributed by atoms with Gasteiger partial charge in [-0.15, -0.1) is 0 Å². The zero-order chi connectivity index (χ0) is 12.8. The van der Waals surface area contributed by atoms with E-state index in [4.69, 9.17) is 0 Å². The van der Waals surface area contributed by atoms with Gasteiger partial charge in [0.05, 0.1) is 0 Å². The second kappa shape index (κ2) is 7.53. The van der Waals surface area contributed by atoms with Crippen molar-refractivity contribution < 1.29 is 0 Å². The number of halogens is 1. The summed E-state index contributed by atoms with van der Waals surface area (Å²) in [4.78, 5) is 2.41. The van der Waals surface area contributed by atoms with Crippen molar-refractivity contribution in [2.24, 2.45) is 0 Å². The molecule has 1 atom stereocenters. The second-order valence-corrected chi connectivity index (χ2v) is 6.95. The molecule has 1 aromatic rings. The first-order valence-electron chi connectivity index (χ1n) is 6.48. The third kappa shape index (κ3) is 4.92. The van der Waals surface area contributed by atoms with E-state index in [9.17, 15) is 0 Å². The quantitative estimate of drug-likeness (QED) is 0.894. The van der Waals surface area contributed by atoms with E-state index in [2.05, 4.69) is 69.2 Å². The molecule has 0 radical (unpaired) electrons. The van der Waals surface area contributed by atoms with Gasteiger partial charge in [0.25, 0.3) is 0 Å². The third-order valence-electron chi connectivity index (χ3n) is 3.20. The molecule has 1 aromatic carbocycles. The van der Waals surface area contributed by atoms with Crippen molar-refractivity contribution in [1.82, 2.24) is 10.2 Å². The topological polar surface area (TPSA) is 15.3 Å². The Morgan fingerprint density at radius 3 is 3.11 bits per heavy atom. The minimum atomic E-state index is 0.703. The number of hydrogen-bond acceptors (Lipinski definition) is 3. The third-order valence-corrected chi connectivity index (χ3v) is 4.82. The van der Waals surface area contributed by atoms with E-state index in [1.54, 1.807) is 0 Å². The standard InChI is InChI=1S/C14H21BrN2S/c1-17(7-5-14-11-18-8-6-16-14)10-12-3-2-4-13(15)9-12/h2-4,9,14,16H,5-8,10-11H2,1H3. The molecule has 1 unspecified atom stereocenters. The summed E-state index contributed by atoms with van der Waals surface area (Å²) in [7, 11) is 2.21. The summed E-state index contributed by atoms with van der Waals surface area (Å²) in [6, 6.07) is 9.27. The summed E-state index contributed by atoms with van der Waals surface area (Å²) < 4.78 is 1.17. The highest BCUT2D eigenvalue weighted by molar-refractivity contribution is 9.10. The largest absolute Gasteiger partial charge is 0.312 e. The fraction of sp³-hybridized carbons (Fsp3) is 0.571. The van der Waals surface area contributed by atoms with Gasteiger partial charge in [-0.2, -0.15) is 11.8 Å². The van der Waals surface area contributed by atoms with Crippen LogP contribution >= 0.6 is 27.7 Å². The monoisotopic (exact) mass is 328 g/mol. The van der Waals surface area contributed by atoms with Gasteiger partial charge in [-0.25, -0.2) is 0 Å². The molecule has 0 saturated carbocycles. The number of benzene rings is 1. The van der Waals surface area contributed by atoms with E-state index < -0.39 is 0 Å². The molecule has 0 bridgehead atoms. The summed E-state index contributed by atoms with van der Waals surface area (Å²) in [5.41, 5.74) is 1.37. The summed E-state index contributed by atoms with van der Waals surface area (Å²) in [5.74, 6) is 2.54. The zero-order valence-corrected chi connectivity index (χ0v) is 13.3. The van der Waals surface area contributed by atoms with Crippen LogP contribution in [-0.4, -0.2) is 42.6 Å². The highest BCUT2D eigenvalue weighted by Gasteiger charge is 2.13. The Morgan fingerprint density at radius 2 is 2.39 bits per heavy atom. The highest BCUT2D eigenvalue weighted by Crippen LogP contribution is 2.14. The van der Waals surface area contributed by atoms with Crippen molar-refractivity contribution in [2.75, 3.05) is 31.6 Å². The van der Waals surface area contributed by atoms with Crippen molar-refractivity contribution >= 4 is 27.7 Å². The number of hydrogen-bond donors (Lipinski definition) is 1. The Bertz CT molecular complexity index is 367. The predicted molar refractivity (Wildman–Crippen MR) is 84.2 cm³/mol. The van der Waals surface area contributed by atoms with Crippen LogP contribution in [0.15, 0.2) is 28.7 Å². The van der Waals surface area contributed by atoms with E-state index in [1.165, 1.54) is 34.5 Å². The number of thioether (sulfide) groups is 1. The fourth-order valence-electron chi connectivity index (χ4n) is 2.21. The molecule has 1 aliphatic rings. The van der Waals surface area contributed by atoms with Crippen LogP contribution < -0.4 is 5.32 Å². The van der Waals surface area contributed by atoms with Crippen molar-refractivity contribution in [3.63, 3.8) is 0 Å². The summed E-state index contributed by atoms with van der Waals surface area (Å²) >= 11 is 5.60. The van der Waals surface area contributed by atoms with Crippen molar-refractivity contribution in [1.29, 1.82) is 0 Å². The van der Waals surface area contributed by atoms with E-state index in [0.717, 1.165) is 13.1 Å². The normalized spacial score (nSPS) is 20.3. The van der Waals surface area contributed by atoms with E-state index in [1.807, 2.05) is 0 Å². The number of nitrogens with zero attached hydrogens (tertiary/aromatic N) is 1. The second-order valence-electron chi connectivity index (χ2n) is 4.88. The minimum absolute atomic E-state index is 0.703. The van der Waals surface area contributed by atoms with Gasteiger partial charge in [0.1, 0.15) is 0 Å². The minimum Gasteiger partial charge on any atom is -0.312 e. The molecule has 4 heteroatoms. The van der Waals surface area contributed by atoms with Crippen LogP contribution in [0.4, 0.5) is 0 Å². The Kier molecular flexibility index (Phi) is 6.02. The first-order chi connectivity index (χ1) is 8.74. The lowest BCUT2D eigenvalue weighted by Crippen LogP contribution is -2.39. The Hall–Kier alpha value is -0.0300. The van der Waals surface area contributed by atoms with E-state index >= 15 is 0 Å².